The maximum absolute atomic E-state index is 12.4. The Morgan fingerprint density at radius 3 is 2.28 bits per heavy atom. The van der Waals surface area contributed by atoms with Gasteiger partial charge in [-0.25, -0.2) is 4.79 Å². The number of rotatable bonds is 9. The van der Waals surface area contributed by atoms with Crippen molar-refractivity contribution in [3.8, 4) is 5.75 Å². The number of carbonyl (C=O) groups is 1. The first-order chi connectivity index (χ1) is 18.7. The van der Waals surface area contributed by atoms with Crippen LogP contribution in [0.25, 0.3) is 0 Å². The molecule has 9 nitrogen and oxygen atoms in total. The summed E-state index contributed by atoms with van der Waals surface area (Å²) in [6.07, 6.45) is -0.340. The molecular weight excluding hydrogens is 496 g/mol. The van der Waals surface area contributed by atoms with E-state index in [4.69, 9.17) is 4.74 Å². The summed E-state index contributed by atoms with van der Waals surface area (Å²) >= 11 is 0. The van der Waals surface area contributed by atoms with Crippen LogP contribution >= 0.6 is 0 Å². The molecule has 5 rings (SSSR count). The van der Waals surface area contributed by atoms with E-state index in [9.17, 15) is 19.5 Å². The van der Waals surface area contributed by atoms with Gasteiger partial charge in [0.1, 0.15) is 12.4 Å². The Kier molecular flexibility index (Phi) is 6.74. The number of nitrogens with zero attached hydrogens (tertiary/aromatic N) is 2. The first kappa shape index (κ1) is 25.8. The van der Waals surface area contributed by atoms with Crippen LogP contribution in [-0.4, -0.2) is 23.8 Å². The summed E-state index contributed by atoms with van der Waals surface area (Å²) in [4.78, 5) is 38.9. The van der Waals surface area contributed by atoms with Crippen LogP contribution in [0.5, 0.6) is 5.75 Å². The normalized spacial score (nSPS) is 14.6. The number of benzene rings is 3. The molecule has 0 aliphatic carbocycles. The minimum Gasteiger partial charge on any atom is -0.485 e. The molecule has 0 bridgehead atoms. The Hall–Kier alpha value is -4.79. The maximum Gasteiger partial charge on any atom is 0.333 e. The topological polar surface area (TPSA) is 111 Å². The van der Waals surface area contributed by atoms with E-state index in [-0.39, 0.29) is 17.5 Å². The molecule has 0 fully saturated rings. The molecule has 0 aromatic heterocycles. The highest BCUT2D eigenvalue weighted by atomic mass is 16.5. The number of hydrogen-bond donors (Lipinski definition) is 3. The average Bonchev–Trinajstić information content (AvgIpc) is 2.95. The minimum atomic E-state index is -1.67. The van der Waals surface area contributed by atoms with Crippen LogP contribution in [0.1, 0.15) is 31.9 Å². The molecule has 1 heterocycles. The Morgan fingerprint density at radius 1 is 0.949 bits per heavy atom. The number of carboxylic acid groups (broad SMARTS) is 1. The Labute approximate surface area is 225 Å². The first-order valence-electron chi connectivity index (χ1n) is 12.7. The summed E-state index contributed by atoms with van der Waals surface area (Å²) in [5, 5.41) is 14.9. The van der Waals surface area contributed by atoms with Crippen molar-refractivity contribution in [3.63, 3.8) is 0 Å². The fourth-order valence-corrected chi connectivity index (χ4v) is 4.68. The van der Waals surface area contributed by atoms with Crippen molar-refractivity contribution in [1.82, 2.24) is 0 Å². The van der Waals surface area contributed by atoms with Crippen LogP contribution in [0.3, 0.4) is 0 Å². The molecule has 0 radical (unpaired) electrons. The predicted octanol–water partition coefficient (Wildman–Crippen LogP) is 4.29. The fraction of sp³-hybridized carbons (Fsp3) is 0.233. The maximum atomic E-state index is 12.4. The quantitative estimate of drug-likeness (QED) is 0.275. The van der Waals surface area contributed by atoms with Crippen molar-refractivity contribution in [2.45, 2.75) is 39.0 Å². The first-order valence-corrected chi connectivity index (χ1v) is 12.7. The number of hydrazine groups is 1. The second-order valence-corrected chi connectivity index (χ2v) is 10.0. The average molecular weight is 527 g/mol. The second kappa shape index (κ2) is 10.2. The van der Waals surface area contributed by atoms with E-state index in [1.807, 2.05) is 30.3 Å². The van der Waals surface area contributed by atoms with E-state index in [2.05, 4.69) is 44.9 Å². The molecule has 3 N–H and O–H groups in total. The number of aliphatic carboxylic acids is 1. The highest BCUT2D eigenvalue weighted by molar-refractivity contribution is 5.85. The molecular formula is C30H30N4O5. The lowest BCUT2D eigenvalue weighted by Gasteiger charge is -2.40. The zero-order valence-corrected chi connectivity index (χ0v) is 22.0. The monoisotopic (exact) mass is 526 g/mol. The van der Waals surface area contributed by atoms with Gasteiger partial charge in [-0.15, -0.1) is 0 Å². The Morgan fingerprint density at radius 2 is 1.62 bits per heavy atom. The molecule has 1 atom stereocenters. The van der Waals surface area contributed by atoms with Crippen LogP contribution in [0.15, 0.2) is 88.5 Å². The van der Waals surface area contributed by atoms with Gasteiger partial charge in [0.2, 0.25) is 0 Å². The van der Waals surface area contributed by atoms with Crippen LogP contribution in [0.2, 0.25) is 0 Å². The van der Waals surface area contributed by atoms with Gasteiger partial charge in [-0.1, -0.05) is 48.5 Å². The Bertz CT molecular complexity index is 1560. The number of fused-ring (bicyclic) bond motifs is 1. The molecule has 0 saturated heterocycles. The van der Waals surface area contributed by atoms with Gasteiger partial charge >= 0.3 is 5.97 Å². The molecule has 0 unspecified atom stereocenters. The van der Waals surface area contributed by atoms with E-state index in [1.165, 1.54) is 12.5 Å². The van der Waals surface area contributed by atoms with Gasteiger partial charge in [0.25, 0.3) is 10.9 Å². The number of nitrogens with one attached hydrogen (secondary N) is 2. The van der Waals surface area contributed by atoms with Gasteiger partial charge < -0.3 is 20.1 Å². The molecule has 9 heteroatoms. The lowest BCUT2D eigenvalue weighted by molar-refractivity contribution is -0.142. The van der Waals surface area contributed by atoms with Gasteiger partial charge in [-0.05, 0) is 62.2 Å². The minimum absolute atomic E-state index is 0.119. The number of carboxylic acids is 1. The molecule has 4 aromatic carbocycles. The molecule has 39 heavy (non-hydrogen) atoms. The van der Waals surface area contributed by atoms with Crippen molar-refractivity contribution in [3.05, 3.63) is 110 Å². The lowest BCUT2D eigenvalue weighted by atomic mass is 9.91. The van der Waals surface area contributed by atoms with Crippen molar-refractivity contribution in [2.24, 2.45) is 0 Å². The summed E-state index contributed by atoms with van der Waals surface area (Å²) < 4.78 is 5.45. The van der Waals surface area contributed by atoms with E-state index in [1.54, 1.807) is 38.1 Å². The molecule has 0 amide bonds. The summed E-state index contributed by atoms with van der Waals surface area (Å²) in [5.41, 5.74) is 4.62. The van der Waals surface area contributed by atoms with Crippen LogP contribution in [-0.2, 0) is 16.9 Å². The van der Waals surface area contributed by atoms with Gasteiger partial charge in [0, 0.05) is 12.2 Å². The zero-order chi connectivity index (χ0) is 27.7. The zero-order valence-electron chi connectivity index (χ0n) is 22.0. The summed E-state index contributed by atoms with van der Waals surface area (Å²) in [6, 6.07) is 25.3. The van der Waals surface area contributed by atoms with E-state index in [0.29, 0.717) is 12.2 Å². The number of ether oxygens (including phenoxy) is 1. The molecule has 4 aromatic rings. The van der Waals surface area contributed by atoms with Crippen LogP contribution in [0.4, 0.5) is 22.7 Å². The third-order valence-corrected chi connectivity index (χ3v) is 6.83. The van der Waals surface area contributed by atoms with Crippen molar-refractivity contribution in [1.29, 1.82) is 0 Å². The largest absolute Gasteiger partial charge is 0.485 e. The second-order valence-electron chi connectivity index (χ2n) is 10.0. The molecule has 0 saturated carbocycles. The molecule has 1 aliphatic rings. The van der Waals surface area contributed by atoms with E-state index in [0.717, 1.165) is 23.6 Å². The lowest BCUT2D eigenvalue weighted by Crippen LogP contribution is -2.46. The van der Waals surface area contributed by atoms with Gasteiger partial charge in [-0.3, -0.25) is 20.0 Å². The van der Waals surface area contributed by atoms with Gasteiger partial charge in [0.15, 0.2) is 11.3 Å². The van der Waals surface area contributed by atoms with Crippen LogP contribution < -0.4 is 36.2 Å². The van der Waals surface area contributed by atoms with E-state index >= 15 is 0 Å². The summed E-state index contributed by atoms with van der Waals surface area (Å²) in [6.45, 7) is 6.28. The van der Waals surface area contributed by atoms with Gasteiger partial charge in [-0.2, -0.15) is 0 Å². The van der Waals surface area contributed by atoms with E-state index < -0.39 is 22.4 Å². The highest BCUT2D eigenvalue weighted by Gasteiger charge is 2.39. The van der Waals surface area contributed by atoms with Crippen molar-refractivity contribution >= 4 is 28.7 Å². The third kappa shape index (κ3) is 4.90. The number of anilines is 4. The Balaban J connectivity index is 1.39. The molecule has 1 aliphatic heterocycles. The third-order valence-electron chi connectivity index (χ3n) is 6.83. The SMILES string of the molecule is CC(C)Oc1c(N[C@](C)(C(=O)O)c2ccc(NN3CN(c4ccccc4)Cc4ccccc43)cc2)c(=O)c1=O. The molecule has 200 valence electrons. The fourth-order valence-electron chi connectivity index (χ4n) is 4.68. The van der Waals surface area contributed by atoms with Crippen molar-refractivity contribution in [2.75, 3.05) is 27.3 Å². The number of para-hydroxylation sites is 2. The van der Waals surface area contributed by atoms with Crippen LogP contribution in [0, 0.1) is 0 Å². The summed E-state index contributed by atoms with van der Waals surface area (Å²) in [5.74, 6) is -1.33. The van der Waals surface area contributed by atoms with Gasteiger partial charge in [0.05, 0.1) is 17.5 Å². The highest BCUT2D eigenvalue weighted by Crippen LogP contribution is 2.33. The standard InChI is InChI=1S/C30H30N4O5/c1-19(2)39-28-25(26(35)27(28)36)31-30(3,29(37)38)21-13-15-22(16-14-21)32-34-18-33(23-10-5-4-6-11-23)17-20-9-7-8-12-24(20)34/h4-16,19,31-32H,17-18H2,1-3H3,(H,37,38)/t30-/m0/s1. The van der Waals surface area contributed by atoms with Crippen molar-refractivity contribution < 1.29 is 14.6 Å². The number of hydrogen-bond acceptors (Lipinski definition) is 8. The summed E-state index contributed by atoms with van der Waals surface area (Å²) in [7, 11) is 0. The predicted molar refractivity (Wildman–Crippen MR) is 152 cm³/mol. The smallest absolute Gasteiger partial charge is 0.333 e. The molecule has 0 spiro atoms.